The maximum atomic E-state index is 14.2. The molecule has 0 radical (unpaired) electrons. The van der Waals surface area contributed by atoms with Crippen LogP contribution in [0.4, 0.5) is 5.82 Å². The Morgan fingerprint density at radius 1 is 0.850 bits per heavy atom. The molecule has 1 aliphatic rings. The van der Waals surface area contributed by atoms with Gasteiger partial charge in [-0.2, -0.15) is 5.26 Å². The highest BCUT2D eigenvalue weighted by molar-refractivity contribution is 5.90. The average Bonchev–Trinajstić information content (AvgIpc) is 3.34. The smallest absolute Gasteiger partial charge is 0.331 e. The minimum atomic E-state index is -0.462. The van der Waals surface area contributed by atoms with Crippen LogP contribution >= 0.6 is 0 Å². The van der Waals surface area contributed by atoms with Gasteiger partial charge in [0.15, 0.2) is 0 Å². The quantitative estimate of drug-likeness (QED) is 0.315. The lowest BCUT2D eigenvalue weighted by atomic mass is 10.1. The standard InChI is InChI=1S/C30H28N6O2.C2H6/c1-33-26-24(18-31)28(34-16-8-3-9-17-34)35(19-21-10-4-2-5-11-21)27(26)29(37)36(30(33)38)20-25-23-13-7-6-12-22(23)14-15-32-25;1-2/h2,4-7,10-15H,3,8-9,16-17,19-20H2,1H3;1-2H3. The van der Waals surface area contributed by atoms with E-state index in [1.807, 2.05) is 79.1 Å². The summed E-state index contributed by atoms with van der Waals surface area (Å²) >= 11 is 0. The molecule has 8 nitrogen and oxygen atoms in total. The first kappa shape index (κ1) is 26.9. The lowest BCUT2D eigenvalue weighted by Gasteiger charge is -2.30. The predicted octanol–water partition coefficient (Wildman–Crippen LogP) is 5.03. The predicted molar refractivity (Wildman–Crippen MR) is 160 cm³/mol. The fraction of sp³-hybridized carbons (Fsp3) is 0.312. The number of rotatable bonds is 5. The molecule has 0 atom stereocenters. The van der Waals surface area contributed by atoms with Gasteiger partial charge in [0.1, 0.15) is 23.0 Å². The third-order valence-electron chi connectivity index (χ3n) is 7.53. The van der Waals surface area contributed by atoms with Crippen molar-refractivity contribution in [2.45, 2.75) is 46.2 Å². The second-order valence-electron chi connectivity index (χ2n) is 9.84. The molecule has 6 rings (SSSR count). The third kappa shape index (κ3) is 4.68. The molecule has 40 heavy (non-hydrogen) atoms. The highest BCUT2D eigenvalue weighted by atomic mass is 16.2. The van der Waals surface area contributed by atoms with Crippen LogP contribution in [0.25, 0.3) is 21.8 Å². The van der Waals surface area contributed by atoms with Crippen molar-refractivity contribution in [3.05, 3.63) is 105 Å². The minimum Gasteiger partial charge on any atom is -0.357 e. The number of aryl methyl sites for hydroxylation is 1. The van der Waals surface area contributed by atoms with E-state index < -0.39 is 11.2 Å². The molecule has 204 valence electrons. The maximum Gasteiger partial charge on any atom is 0.331 e. The van der Waals surface area contributed by atoms with Gasteiger partial charge in [-0.05, 0) is 36.3 Å². The molecule has 1 aliphatic heterocycles. The van der Waals surface area contributed by atoms with Gasteiger partial charge in [0.2, 0.25) is 0 Å². The van der Waals surface area contributed by atoms with Crippen molar-refractivity contribution >= 4 is 27.6 Å². The van der Waals surface area contributed by atoms with Crippen LogP contribution < -0.4 is 16.1 Å². The zero-order valence-corrected chi connectivity index (χ0v) is 23.3. The monoisotopic (exact) mass is 534 g/mol. The molecule has 0 spiro atoms. The van der Waals surface area contributed by atoms with E-state index in [-0.39, 0.29) is 6.54 Å². The number of piperidine rings is 1. The Morgan fingerprint density at radius 3 is 2.27 bits per heavy atom. The van der Waals surface area contributed by atoms with Crippen LogP contribution in [0.5, 0.6) is 0 Å². The van der Waals surface area contributed by atoms with Crippen LogP contribution in [0.3, 0.4) is 0 Å². The summed E-state index contributed by atoms with van der Waals surface area (Å²) in [5.41, 5.74) is 1.94. The molecule has 0 saturated carbocycles. The highest BCUT2D eigenvalue weighted by Crippen LogP contribution is 2.33. The van der Waals surface area contributed by atoms with Crippen LogP contribution in [-0.4, -0.2) is 31.8 Å². The van der Waals surface area contributed by atoms with Crippen molar-refractivity contribution < 1.29 is 0 Å². The van der Waals surface area contributed by atoms with Crippen LogP contribution in [0.2, 0.25) is 0 Å². The average molecular weight is 535 g/mol. The van der Waals surface area contributed by atoms with Gasteiger partial charge < -0.3 is 9.47 Å². The van der Waals surface area contributed by atoms with E-state index in [9.17, 15) is 14.9 Å². The summed E-state index contributed by atoms with van der Waals surface area (Å²) in [7, 11) is 1.64. The van der Waals surface area contributed by atoms with Crippen LogP contribution in [0.1, 0.15) is 49.9 Å². The number of fused-ring (bicyclic) bond motifs is 2. The largest absolute Gasteiger partial charge is 0.357 e. The molecule has 0 unspecified atom stereocenters. The summed E-state index contributed by atoms with van der Waals surface area (Å²) in [5.74, 6) is 0.721. The van der Waals surface area contributed by atoms with Crippen molar-refractivity contribution in [2.75, 3.05) is 18.0 Å². The number of aromatic nitrogens is 4. The summed E-state index contributed by atoms with van der Waals surface area (Å²) in [5, 5.41) is 12.2. The summed E-state index contributed by atoms with van der Waals surface area (Å²) in [4.78, 5) is 34.5. The zero-order valence-electron chi connectivity index (χ0n) is 23.3. The second kappa shape index (κ2) is 11.6. The minimum absolute atomic E-state index is 0.0419. The van der Waals surface area contributed by atoms with Gasteiger partial charge in [-0.1, -0.05) is 68.4 Å². The molecule has 5 aromatic rings. The van der Waals surface area contributed by atoms with Gasteiger partial charge in [0.25, 0.3) is 5.56 Å². The maximum absolute atomic E-state index is 14.2. The topological polar surface area (TPSA) is 88.8 Å². The number of benzene rings is 2. The van der Waals surface area contributed by atoms with E-state index in [2.05, 4.69) is 16.0 Å². The lowest BCUT2D eigenvalue weighted by molar-refractivity contribution is 0.564. The van der Waals surface area contributed by atoms with Gasteiger partial charge >= 0.3 is 5.69 Å². The lowest BCUT2D eigenvalue weighted by Crippen LogP contribution is -2.40. The second-order valence-corrected chi connectivity index (χ2v) is 9.84. The van der Waals surface area contributed by atoms with E-state index in [0.717, 1.165) is 54.5 Å². The third-order valence-corrected chi connectivity index (χ3v) is 7.53. The fourth-order valence-electron chi connectivity index (χ4n) is 5.68. The Morgan fingerprint density at radius 2 is 1.55 bits per heavy atom. The van der Waals surface area contributed by atoms with Gasteiger partial charge in [0.05, 0.1) is 17.8 Å². The fourth-order valence-corrected chi connectivity index (χ4v) is 5.68. The molecule has 1 fully saturated rings. The molecule has 1 saturated heterocycles. The van der Waals surface area contributed by atoms with Gasteiger partial charge in [0, 0.05) is 38.3 Å². The summed E-state index contributed by atoms with van der Waals surface area (Å²) in [6.45, 7) is 6.08. The SMILES string of the molecule is CC.Cn1c(=O)n(Cc2nccc3ccccc23)c(=O)c2c1c(C#N)c(N1CCCCC1)n2Cc1ccccc1. The van der Waals surface area contributed by atoms with Crippen LogP contribution in [-0.2, 0) is 20.1 Å². The van der Waals surface area contributed by atoms with Crippen molar-refractivity contribution in [1.29, 1.82) is 5.26 Å². The molecule has 0 aliphatic carbocycles. The van der Waals surface area contributed by atoms with Crippen LogP contribution in [0.15, 0.2) is 76.4 Å². The van der Waals surface area contributed by atoms with Crippen LogP contribution in [0, 0.1) is 11.3 Å². The number of anilines is 1. The molecule has 4 heterocycles. The van der Waals surface area contributed by atoms with Crippen molar-refractivity contribution in [1.82, 2.24) is 18.7 Å². The summed E-state index contributed by atoms with van der Waals surface area (Å²) in [6.07, 6.45) is 4.88. The number of pyridine rings is 1. The molecule has 0 amide bonds. The molecule has 0 bridgehead atoms. The first-order valence-electron chi connectivity index (χ1n) is 14.0. The Bertz CT molecular complexity index is 1810. The molecular formula is C32H34N6O2. The van der Waals surface area contributed by atoms with Gasteiger partial charge in [-0.25, -0.2) is 4.79 Å². The summed E-state index contributed by atoms with van der Waals surface area (Å²) in [6, 6.07) is 22.0. The number of hydrogen-bond acceptors (Lipinski definition) is 5. The molecule has 2 aromatic carbocycles. The molecular weight excluding hydrogens is 500 g/mol. The van der Waals surface area contributed by atoms with E-state index in [4.69, 9.17) is 0 Å². The molecule has 3 aromatic heterocycles. The van der Waals surface area contributed by atoms with Crippen molar-refractivity contribution in [3.8, 4) is 6.07 Å². The Hall–Kier alpha value is -4.64. The van der Waals surface area contributed by atoms with Gasteiger partial charge in [-0.3, -0.25) is 18.9 Å². The first-order chi connectivity index (χ1) is 19.6. The molecule has 8 heteroatoms. The number of hydrogen-bond donors (Lipinski definition) is 0. The summed E-state index contributed by atoms with van der Waals surface area (Å²) < 4.78 is 4.65. The van der Waals surface area contributed by atoms with E-state index in [1.54, 1.807) is 13.2 Å². The Kier molecular flexibility index (Phi) is 7.83. The Labute approximate surface area is 233 Å². The van der Waals surface area contributed by atoms with E-state index >= 15 is 0 Å². The normalized spacial score (nSPS) is 13.2. The van der Waals surface area contributed by atoms with Crippen molar-refractivity contribution in [2.24, 2.45) is 7.05 Å². The van der Waals surface area contributed by atoms with Gasteiger partial charge in [-0.15, -0.1) is 0 Å². The highest BCUT2D eigenvalue weighted by Gasteiger charge is 2.29. The number of nitriles is 1. The van der Waals surface area contributed by atoms with E-state index in [0.29, 0.717) is 28.8 Å². The zero-order chi connectivity index (χ0) is 28.2. The number of nitrogens with zero attached hydrogens (tertiary/aromatic N) is 6. The molecule has 0 N–H and O–H groups in total. The van der Waals surface area contributed by atoms with E-state index in [1.165, 1.54) is 9.13 Å². The Balaban J connectivity index is 0.00000158. The first-order valence-corrected chi connectivity index (χ1v) is 14.0. The van der Waals surface area contributed by atoms with Crippen molar-refractivity contribution in [3.63, 3.8) is 0 Å².